The standard InChI is InChI=1S/C18H26FNO/c1-13-11-14(7-8-15(13)19)21-17-12-16(20-2)18(17)9-5-3-4-6-10-18/h7-8,11,16-17,20H,3-6,9-10,12H2,1-2H3. The van der Waals surface area contributed by atoms with Crippen LogP contribution in [0.3, 0.4) is 0 Å². The predicted octanol–water partition coefficient (Wildman–Crippen LogP) is 4.21. The highest BCUT2D eigenvalue weighted by atomic mass is 19.1. The number of ether oxygens (including phenoxy) is 1. The Hall–Kier alpha value is -1.09. The molecule has 0 amide bonds. The molecule has 0 aliphatic heterocycles. The summed E-state index contributed by atoms with van der Waals surface area (Å²) in [5.41, 5.74) is 0.944. The Kier molecular flexibility index (Phi) is 4.21. The number of halogens is 1. The molecule has 2 atom stereocenters. The van der Waals surface area contributed by atoms with Gasteiger partial charge in [-0.2, -0.15) is 0 Å². The van der Waals surface area contributed by atoms with Crippen LogP contribution in [0.2, 0.25) is 0 Å². The van der Waals surface area contributed by atoms with E-state index in [1.54, 1.807) is 13.0 Å². The molecule has 116 valence electrons. The van der Waals surface area contributed by atoms with Crippen LogP contribution in [0.25, 0.3) is 0 Å². The van der Waals surface area contributed by atoms with Crippen molar-refractivity contribution >= 4 is 0 Å². The van der Waals surface area contributed by atoms with Gasteiger partial charge < -0.3 is 10.1 Å². The summed E-state index contributed by atoms with van der Waals surface area (Å²) in [6.07, 6.45) is 9.15. The van der Waals surface area contributed by atoms with Crippen LogP contribution in [-0.2, 0) is 0 Å². The van der Waals surface area contributed by atoms with Gasteiger partial charge in [0.1, 0.15) is 17.7 Å². The summed E-state index contributed by atoms with van der Waals surface area (Å²) in [7, 11) is 2.07. The van der Waals surface area contributed by atoms with Crippen molar-refractivity contribution in [2.24, 2.45) is 5.41 Å². The molecule has 1 N–H and O–H groups in total. The Morgan fingerprint density at radius 2 is 1.90 bits per heavy atom. The highest BCUT2D eigenvalue weighted by molar-refractivity contribution is 5.30. The third-order valence-corrected chi connectivity index (χ3v) is 5.58. The van der Waals surface area contributed by atoms with Gasteiger partial charge in [-0.15, -0.1) is 0 Å². The van der Waals surface area contributed by atoms with E-state index in [1.807, 2.05) is 6.07 Å². The van der Waals surface area contributed by atoms with Gasteiger partial charge in [0.05, 0.1) is 0 Å². The summed E-state index contributed by atoms with van der Waals surface area (Å²) >= 11 is 0. The van der Waals surface area contributed by atoms with Crippen molar-refractivity contribution in [2.75, 3.05) is 7.05 Å². The maximum absolute atomic E-state index is 13.4. The first-order valence-electron chi connectivity index (χ1n) is 8.26. The van der Waals surface area contributed by atoms with Crippen LogP contribution in [0.1, 0.15) is 50.5 Å². The Labute approximate surface area is 127 Å². The molecule has 0 heterocycles. The van der Waals surface area contributed by atoms with E-state index >= 15 is 0 Å². The van der Waals surface area contributed by atoms with Gasteiger partial charge in [0.15, 0.2) is 0 Å². The van der Waals surface area contributed by atoms with Crippen LogP contribution in [0.15, 0.2) is 18.2 Å². The minimum Gasteiger partial charge on any atom is -0.490 e. The summed E-state index contributed by atoms with van der Waals surface area (Å²) < 4.78 is 19.6. The second kappa shape index (κ2) is 5.96. The minimum absolute atomic E-state index is 0.159. The highest BCUT2D eigenvalue weighted by Gasteiger charge is 2.55. The number of rotatable bonds is 3. The van der Waals surface area contributed by atoms with Crippen molar-refractivity contribution in [1.82, 2.24) is 5.32 Å². The number of benzene rings is 1. The third-order valence-electron chi connectivity index (χ3n) is 5.58. The van der Waals surface area contributed by atoms with Crippen molar-refractivity contribution in [3.05, 3.63) is 29.6 Å². The normalized spacial score (nSPS) is 28.0. The van der Waals surface area contributed by atoms with E-state index in [0.29, 0.717) is 11.6 Å². The van der Waals surface area contributed by atoms with Gasteiger partial charge in [-0.05, 0) is 50.6 Å². The zero-order valence-corrected chi connectivity index (χ0v) is 13.1. The van der Waals surface area contributed by atoms with Gasteiger partial charge in [0.25, 0.3) is 0 Å². The maximum Gasteiger partial charge on any atom is 0.126 e. The van der Waals surface area contributed by atoms with Crippen LogP contribution in [0, 0.1) is 18.2 Å². The molecule has 1 spiro atoms. The zero-order chi connectivity index (χ0) is 14.9. The molecule has 2 aliphatic carbocycles. The van der Waals surface area contributed by atoms with Crippen LogP contribution in [0.5, 0.6) is 5.75 Å². The molecular formula is C18H26FNO. The van der Waals surface area contributed by atoms with Gasteiger partial charge >= 0.3 is 0 Å². The van der Waals surface area contributed by atoms with E-state index in [0.717, 1.165) is 12.2 Å². The van der Waals surface area contributed by atoms with Gasteiger partial charge in [0.2, 0.25) is 0 Å². The Balaban J connectivity index is 1.76. The summed E-state index contributed by atoms with van der Waals surface area (Å²) in [5, 5.41) is 3.49. The lowest BCUT2D eigenvalue weighted by molar-refractivity contribution is -0.0882. The first-order valence-corrected chi connectivity index (χ1v) is 8.26. The predicted molar refractivity (Wildman–Crippen MR) is 83.2 cm³/mol. The largest absolute Gasteiger partial charge is 0.490 e. The molecule has 21 heavy (non-hydrogen) atoms. The molecule has 0 radical (unpaired) electrons. The van der Waals surface area contributed by atoms with E-state index in [-0.39, 0.29) is 17.3 Å². The van der Waals surface area contributed by atoms with E-state index in [1.165, 1.54) is 44.6 Å². The highest BCUT2D eigenvalue weighted by Crippen LogP contribution is 2.52. The summed E-state index contributed by atoms with van der Waals surface area (Å²) in [5.74, 6) is 0.658. The fraction of sp³-hybridized carbons (Fsp3) is 0.667. The molecule has 1 aromatic rings. The number of hydrogen-bond donors (Lipinski definition) is 1. The molecule has 3 rings (SSSR count). The van der Waals surface area contributed by atoms with E-state index in [4.69, 9.17) is 4.74 Å². The van der Waals surface area contributed by atoms with Gasteiger partial charge in [-0.3, -0.25) is 0 Å². The number of hydrogen-bond acceptors (Lipinski definition) is 2. The Bertz CT molecular complexity index is 494. The van der Waals surface area contributed by atoms with E-state index in [2.05, 4.69) is 12.4 Å². The monoisotopic (exact) mass is 291 g/mol. The minimum atomic E-state index is -0.159. The lowest BCUT2D eigenvalue weighted by atomic mass is 9.58. The molecule has 2 nitrogen and oxygen atoms in total. The molecule has 1 aromatic carbocycles. The van der Waals surface area contributed by atoms with Gasteiger partial charge in [-0.25, -0.2) is 4.39 Å². The molecule has 2 saturated carbocycles. The molecule has 0 bridgehead atoms. The molecule has 0 saturated heterocycles. The summed E-state index contributed by atoms with van der Waals surface area (Å²) in [6.45, 7) is 1.79. The molecule has 2 fully saturated rings. The fourth-order valence-electron chi connectivity index (χ4n) is 4.23. The van der Waals surface area contributed by atoms with E-state index in [9.17, 15) is 4.39 Å². The first-order chi connectivity index (χ1) is 10.2. The van der Waals surface area contributed by atoms with Gasteiger partial charge in [-0.1, -0.05) is 25.7 Å². The molecule has 0 aromatic heterocycles. The van der Waals surface area contributed by atoms with Crippen molar-refractivity contribution < 1.29 is 9.13 Å². The third kappa shape index (κ3) is 2.68. The number of nitrogens with one attached hydrogen (secondary N) is 1. The molecular weight excluding hydrogens is 265 g/mol. The Morgan fingerprint density at radius 3 is 2.52 bits per heavy atom. The fourth-order valence-corrected chi connectivity index (χ4v) is 4.23. The summed E-state index contributed by atoms with van der Waals surface area (Å²) in [4.78, 5) is 0. The summed E-state index contributed by atoms with van der Waals surface area (Å²) in [6, 6.07) is 5.67. The number of aryl methyl sites for hydroxylation is 1. The average Bonchev–Trinajstić information content (AvgIpc) is 2.74. The average molecular weight is 291 g/mol. The van der Waals surface area contributed by atoms with Crippen molar-refractivity contribution in [3.63, 3.8) is 0 Å². The molecule has 2 unspecified atom stereocenters. The smallest absolute Gasteiger partial charge is 0.126 e. The molecule has 2 aliphatic rings. The van der Waals surface area contributed by atoms with Crippen molar-refractivity contribution in [3.8, 4) is 5.75 Å². The lowest BCUT2D eigenvalue weighted by Gasteiger charge is -2.55. The topological polar surface area (TPSA) is 21.3 Å². The van der Waals surface area contributed by atoms with E-state index < -0.39 is 0 Å². The van der Waals surface area contributed by atoms with Crippen LogP contribution < -0.4 is 10.1 Å². The quantitative estimate of drug-likeness (QED) is 0.900. The van der Waals surface area contributed by atoms with Gasteiger partial charge in [0, 0.05) is 17.9 Å². The zero-order valence-electron chi connectivity index (χ0n) is 13.1. The lowest BCUT2D eigenvalue weighted by Crippen LogP contribution is -2.64. The van der Waals surface area contributed by atoms with Crippen LogP contribution >= 0.6 is 0 Å². The first kappa shape index (κ1) is 14.8. The second-order valence-electron chi connectivity index (χ2n) is 6.74. The second-order valence-corrected chi connectivity index (χ2v) is 6.74. The van der Waals surface area contributed by atoms with Crippen LogP contribution in [0.4, 0.5) is 4.39 Å². The molecule has 3 heteroatoms. The van der Waals surface area contributed by atoms with Crippen molar-refractivity contribution in [2.45, 2.75) is 64.0 Å². The maximum atomic E-state index is 13.4. The van der Waals surface area contributed by atoms with Crippen molar-refractivity contribution in [1.29, 1.82) is 0 Å². The Morgan fingerprint density at radius 1 is 1.19 bits per heavy atom. The van der Waals surface area contributed by atoms with Crippen LogP contribution in [-0.4, -0.2) is 19.2 Å². The SMILES string of the molecule is CNC1CC(Oc2ccc(F)c(C)c2)C12CCCCCC2.